The van der Waals surface area contributed by atoms with Crippen molar-refractivity contribution in [1.82, 2.24) is 4.90 Å². The number of phenols is 1. The molecule has 1 aliphatic heterocycles. The molecule has 0 spiro atoms. The molecule has 0 aliphatic carbocycles. The van der Waals surface area contributed by atoms with E-state index in [0.29, 0.717) is 25.3 Å². The number of para-hydroxylation sites is 2. The van der Waals surface area contributed by atoms with E-state index < -0.39 is 28.3 Å². The molecule has 0 unspecified atom stereocenters. The maximum Gasteiger partial charge on any atom is 0.342 e. The van der Waals surface area contributed by atoms with Gasteiger partial charge in [0.1, 0.15) is 17.1 Å². The number of fused-ring (bicyclic) bond motifs is 1. The van der Waals surface area contributed by atoms with E-state index in [-0.39, 0.29) is 22.1 Å². The Bertz CT molecular complexity index is 1370. The van der Waals surface area contributed by atoms with Gasteiger partial charge in [-0.3, -0.25) is 9.52 Å². The number of esters is 1. The molecule has 0 bridgehead atoms. The molecule has 1 aliphatic rings. The van der Waals surface area contributed by atoms with Gasteiger partial charge in [-0.05, 0) is 47.9 Å². The van der Waals surface area contributed by atoms with Gasteiger partial charge in [0.05, 0.1) is 17.7 Å². The van der Waals surface area contributed by atoms with Crippen LogP contribution in [-0.2, 0) is 32.5 Å². The number of anilines is 1. The number of aromatic hydroxyl groups is 1. The normalized spacial score (nSPS) is 13.0. The summed E-state index contributed by atoms with van der Waals surface area (Å²) in [7, 11) is -2.71. The number of amides is 1. The molecular formula is C25H24N2O7S. The molecule has 0 radical (unpaired) electrons. The van der Waals surface area contributed by atoms with E-state index >= 15 is 0 Å². The van der Waals surface area contributed by atoms with Crippen LogP contribution < -0.4 is 9.46 Å². The predicted octanol–water partition coefficient (Wildman–Crippen LogP) is 2.94. The Morgan fingerprint density at radius 1 is 1.03 bits per heavy atom. The lowest BCUT2D eigenvalue weighted by molar-refractivity contribution is -0.135. The van der Waals surface area contributed by atoms with Gasteiger partial charge in [0.2, 0.25) is 0 Å². The third-order valence-electron chi connectivity index (χ3n) is 5.66. The van der Waals surface area contributed by atoms with E-state index in [1.165, 1.54) is 18.7 Å². The van der Waals surface area contributed by atoms with Crippen molar-refractivity contribution < 1.29 is 32.6 Å². The standard InChI is InChI=1S/C25H24N2O7S/c1-33-23-9-5-4-8-21(23)26-35(31,32)19-10-11-22(28)20(14-19)25(30)34-16-24(29)27-13-12-17-6-2-3-7-18(17)15-27/h2-11,14,26,28H,12-13,15-16H2,1H3. The summed E-state index contributed by atoms with van der Waals surface area (Å²) in [4.78, 5) is 26.5. The van der Waals surface area contributed by atoms with Crippen molar-refractivity contribution >= 4 is 27.6 Å². The van der Waals surface area contributed by atoms with Gasteiger partial charge in [-0.15, -0.1) is 0 Å². The highest BCUT2D eigenvalue weighted by molar-refractivity contribution is 7.92. The summed E-state index contributed by atoms with van der Waals surface area (Å²) < 4.78 is 38.4. The molecule has 2 N–H and O–H groups in total. The van der Waals surface area contributed by atoms with Crippen LogP contribution in [0, 0.1) is 0 Å². The second kappa shape index (κ2) is 10.1. The smallest absolute Gasteiger partial charge is 0.342 e. The number of rotatable bonds is 7. The first-order valence-corrected chi connectivity index (χ1v) is 12.3. The summed E-state index contributed by atoms with van der Waals surface area (Å²) in [5, 5.41) is 10.1. The first-order valence-electron chi connectivity index (χ1n) is 10.8. The fraction of sp³-hybridized carbons (Fsp3) is 0.200. The summed E-state index contributed by atoms with van der Waals surface area (Å²) in [6.45, 7) is 0.387. The van der Waals surface area contributed by atoms with Gasteiger partial charge in [0.25, 0.3) is 15.9 Å². The topological polar surface area (TPSA) is 122 Å². The molecule has 0 atom stereocenters. The molecule has 9 nitrogen and oxygen atoms in total. The van der Waals surface area contributed by atoms with Crippen molar-refractivity contribution in [3.8, 4) is 11.5 Å². The average molecular weight is 497 g/mol. The highest BCUT2D eigenvalue weighted by Gasteiger charge is 2.24. The number of carbonyl (C=O) groups is 2. The lowest BCUT2D eigenvalue weighted by Gasteiger charge is -2.28. The van der Waals surface area contributed by atoms with Crippen LogP contribution in [0.1, 0.15) is 21.5 Å². The van der Waals surface area contributed by atoms with E-state index in [9.17, 15) is 23.1 Å². The Hall–Kier alpha value is -4.05. The highest BCUT2D eigenvalue weighted by Crippen LogP contribution is 2.28. The molecule has 3 aromatic rings. The van der Waals surface area contributed by atoms with E-state index in [1.54, 1.807) is 23.1 Å². The van der Waals surface area contributed by atoms with Gasteiger partial charge in [0.15, 0.2) is 6.61 Å². The summed E-state index contributed by atoms with van der Waals surface area (Å²) >= 11 is 0. The molecule has 1 amide bonds. The maximum atomic E-state index is 12.9. The Labute approximate surface area is 203 Å². The molecule has 0 saturated carbocycles. The van der Waals surface area contributed by atoms with Crippen LogP contribution in [0.4, 0.5) is 5.69 Å². The molecule has 1 heterocycles. The van der Waals surface area contributed by atoms with Gasteiger partial charge in [-0.2, -0.15) is 0 Å². The Morgan fingerprint density at radius 2 is 1.74 bits per heavy atom. The SMILES string of the molecule is COc1ccccc1NS(=O)(=O)c1ccc(O)c(C(=O)OCC(=O)N2CCc3ccccc3C2)c1. The number of ether oxygens (including phenoxy) is 2. The van der Waals surface area contributed by atoms with Crippen LogP contribution in [0.15, 0.2) is 71.6 Å². The van der Waals surface area contributed by atoms with Crippen molar-refractivity contribution in [3.63, 3.8) is 0 Å². The second-order valence-corrected chi connectivity index (χ2v) is 9.58. The minimum atomic E-state index is -4.12. The van der Waals surface area contributed by atoms with Gasteiger partial charge < -0.3 is 19.5 Å². The van der Waals surface area contributed by atoms with Crippen LogP contribution >= 0.6 is 0 Å². The molecule has 3 aromatic carbocycles. The molecule has 4 rings (SSSR count). The Morgan fingerprint density at radius 3 is 2.51 bits per heavy atom. The summed E-state index contributed by atoms with van der Waals surface area (Å²) in [6, 6.07) is 17.5. The fourth-order valence-electron chi connectivity index (χ4n) is 3.78. The Balaban J connectivity index is 1.44. The van der Waals surface area contributed by atoms with Gasteiger partial charge in [-0.25, -0.2) is 13.2 Å². The molecule has 182 valence electrons. The quantitative estimate of drug-likeness (QED) is 0.482. The number of nitrogens with one attached hydrogen (secondary N) is 1. The third-order valence-corrected chi connectivity index (χ3v) is 7.02. The van der Waals surface area contributed by atoms with Gasteiger partial charge in [0, 0.05) is 13.1 Å². The maximum absolute atomic E-state index is 12.9. The average Bonchev–Trinajstić information content (AvgIpc) is 2.87. The number of benzene rings is 3. The van der Waals surface area contributed by atoms with Crippen LogP contribution in [0.5, 0.6) is 11.5 Å². The third kappa shape index (κ3) is 5.38. The molecule has 0 aromatic heterocycles. The van der Waals surface area contributed by atoms with E-state index in [2.05, 4.69) is 4.72 Å². The zero-order valence-electron chi connectivity index (χ0n) is 18.9. The largest absolute Gasteiger partial charge is 0.507 e. The zero-order valence-corrected chi connectivity index (χ0v) is 19.7. The molecule has 0 saturated heterocycles. The fourth-order valence-corrected chi connectivity index (χ4v) is 4.88. The van der Waals surface area contributed by atoms with E-state index in [4.69, 9.17) is 9.47 Å². The second-order valence-electron chi connectivity index (χ2n) is 7.89. The van der Waals surface area contributed by atoms with Crippen molar-refractivity contribution in [1.29, 1.82) is 0 Å². The van der Waals surface area contributed by atoms with Crippen LogP contribution in [0.25, 0.3) is 0 Å². The van der Waals surface area contributed by atoms with Crippen LogP contribution in [-0.4, -0.2) is 50.6 Å². The summed E-state index contributed by atoms with van der Waals surface area (Å²) in [6.07, 6.45) is 0.704. The summed E-state index contributed by atoms with van der Waals surface area (Å²) in [5.41, 5.74) is 2.06. The van der Waals surface area contributed by atoms with Gasteiger partial charge in [-0.1, -0.05) is 36.4 Å². The van der Waals surface area contributed by atoms with Crippen molar-refractivity contribution in [2.75, 3.05) is 25.0 Å². The first kappa shape index (κ1) is 24.1. The van der Waals surface area contributed by atoms with Gasteiger partial charge >= 0.3 is 5.97 Å². The van der Waals surface area contributed by atoms with Crippen molar-refractivity contribution in [3.05, 3.63) is 83.4 Å². The molecule has 0 fully saturated rings. The number of methoxy groups -OCH3 is 1. The highest BCUT2D eigenvalue weighted by atomic mass is 32.2. The minimum Gasteiger partial charge on any atom is -0.507 e. The van der Waals surface area contributed by atoms with E-state index in [0.717, 1.165) is 23.8 Å². The van der Waals surface area contributed by atoms with Crippen LogP contribution in [0.2, 0.25) is 0 Å². The minimum absolute atomic E-state index is 0.209. The van der Waals surface area contributed by atoms with Crippen molar-refractivity contribution in [2.45, 2.75) is 17.9 Å². The number of nitrogens with zero attached hydrogens (tertiary/aromatic N) is 1. The first-order chi connectivity index (χ1) is 16.8. The lowest BCUT2D eigenvalue weighted by atomic mass is 10.00. The number of carbonyl (C=O) groups excluding carboxylic acids is 2. The zero-order chi connectivity index (χ0) is 25.0. The Kier molecular flexibility index (Phi) is 6.92. The number of hydrogen-bond donors (Lipinski definition) is 2. The number of phenolic OH excluding ortho intramolecular Hbond substituents is 1. The number of hydrogen-bond acceptors (Lipinski definition) is 7. The molecular weight excluding hydrogens is 472 g/mol. The van der Waals surface area contributed by atoms with Crippen LogP contribution in [0.3, 0.4) is 0 Å². The van der Waals surface area contributed by atoms with Crippen molar-refractivity contribution in [2.24, 2.45) is 0 Å². The number of sulfonamides is 1. The summed E-state index contributed by atoms with van der Waals surface area (Å²) in [5.74, 6) is -1.55. The predicted molar refractivity (Wildman–Crippen MR) is 128 cm³/mol. The molecule has 35 heavy (non-hydrogen) atoms. The monoisotopic (exact) mass is 496 g/mol. The lowest BCUT2D eigenvalue weighted by Crippen LogP contribution is -2.38. The molecule has 10 heteroatoms. The van der Waals surface area contributed by atoms with E-state index in [1.807, 2.05) is 24.3 Å².